The molecule has 17 heavy (non-hydrogen) atoms. The molecule has 3 nitrogen and oxygen atoms in total. The Morgan fingerprint density at radius 1 is 1.41 bits per heavy atom. The first-order valence-corrected chi connectivity index (χ1v) is 5.11. The summed E-state index contributed by atoms with van der Waals surface area (Å²) < 4.78 is 17.6. The highest BCUT2D eigenvalue weighted by Crippen LogP contribution is 2.14. The van der Waals surface area contributed by atoms with Crippen LogP contribution in [0.15, 0.2) is 30.3 Å². The van der Waals surface area contributed by atoms with Gasteiger partial charge in [-0.15, -0.1) is 0 Å². The van der Waals surface area contributed by atoms with E-state index in [1.807, 2.05) is 6.07 Å². The third kappa shape index (κ3) is 4.07. The van der Waals surface area contributed by atoms with E-state index in [0.717, 1.165) is 6.08 Å². The molecule has 0 aromatic heterocycles. The zero-order valence-electron chi connectivity index (χ0n) is 9.61. The predicted molar refractivity (Wildman–Crippen MR) is 61.2 cm³/mol. The first-order valence-electron chi connectivity index (χ1n) is 5.11. The van der Waals surface area contributed by atoms with E-state index < -0.39 is 11.8 Å². The Morgan fingerprint density at radius 2 is 2.00 bits per heavy atom. The maximum absolute atomic E-state index is 12.7. The van der Waals surface area contributed by atoms with Crippen LogP contribution in [0.3, 0.4) is 0 Å². The van der Waals surface area contributed by atoms with Crippen LogP contribution in [0.25, 0.3) is 5.57 Å². The van der Waals surface area contributed by atoms with Crippen molar-refractivity contribution >= 4 is 11.5 Å². The molecule has 0 radical (unpaired) electrons. The minimum atomic E-state index is -0.583. The summed E-state index contributed by atoms with van der Waals surface area (Å²) in [7, 11) is 0. The van der Waals surface area contributed by atoms with Gasteiger partial charge in [0.05, 0.1) is 11.7 Å². The van der Waals surface area contributed by atoms with E-state index in [-0.39, 0.29) is 11.7 Å². The highest BCUT2D eigenvalue weighted by atomic mass is 19.1. The van der Waals surface area contributed by atoms with Crippen LogP contribution in [-0.2, 0) is 9.53 Å². The molecule has 0 heterocycles. The number of allylic oxidation sites excluding steroid dienone is 1. The number of nitriles is 1. The van der Waals surface area contributed by atoms with Crippen molar-refractivity contribution in [1.29, 1.82) is 5.26 Å². The summed E-state index contributed by atoms with van der Waals surface area (Å²) in [5.74, 6) is -0.975. The second-order valence-corrected chi connectivity index (χ2v) is 3.66. The molecule has 0 aliphatic rings. The maximum Gasteiger partial charge on any atom is 0.332 e. The van der Waals surface area contributed by atoms with E-state index in [9.17, 15) is 9.18 Å². The highest BCUT2D eigenvalue weighted by Gasteiger charge is 2.07. The molecule has 0 saturated heterocycles. The fourth-order valence-corrected chi connectivity index (χ4v) is 1.19. The van der Waals surface area contributed by atoms with Crippen molar-refractivity contribution in [1.82, 2.24) is 0 Å². The topological polar surface area (TPSA) is 50.1 Å². The lowest BCUT2D eigenvalue weighted by molar-refractivity contribution is -0.141. The van der Waals surface area contributed by atoms with Crippen LogP contribution >= 0.6 is 0 Å². The smallest absolute Gasteiger partial charge is 0.332 e. The molecule has 88 valence electrons. The summed E-state index contributed by atoms with van der Waals surface area (Å²) in [5, 5.41) is 8.91. The molecule has 0 aliphatic carbocycles. The number of ether oxygens (including phenoxy) is 1. The Hall–Kier alpha value is -2.15. The van der Waals surface area contributed by atoms with Crippen LogP contribution in [0.4, 0.5) is 4.39 Å². The molecule has 0 amide bonds. The first kappa shape index (κ1) is 12.9. The second kappa shape index (κ2) is 5.80. The summed E-state index contributed by atoms with van der Waals surface area (Å²) in [5.41, 5.74) is 0.630. The average molecular weight is 233 g/mol. The van der Waals surface area contributed by atoms with Gasteiger partial charge in [-0.1, -0.05) is 12.1 Å². The lowest BCUT2D eigenvalue weighted by Crippen LogP contribution is -2.09. The van der Waals surface area contributed by atoms with E-state index in [1.54, 1.807) is 13.8 Å². The van der Waals surface area contributed by atoms with E-state index in [0.29, 0.717) is 5.56 Å². The molecule has 1 aromatic carbocycles. The summed E-state index contributed by atoms with van der Waals surface area (Å²) in [6.07, 6.45) is 0.861. The fraction of sp³-hybridized carbons (Fsp3) is 0.231. The molecule has 0 N–H and O–H groups in total. The van der Waals surface area contributed by atoms with Gasteiger partial charge in [0.15, 0.2) is 0 Å². The lowest BCUT2D eigenvalue weighted by atomic mass is 10.1. The third-order valence-electron chi connectivity index (χ3n) is 1.89. The second-order valence-electron chi connectivity index (χ2n) is 3.66. The molecule has 0 spiro atoms. The van der Waals surface area contributed by atoms with Gasteiger partial charge in [-0.25, -0.2) is 9.18 Å². The largest absolute Gasteiger partial charge is 0.460 e. The number of carbonyl (C=O) groups excluding carboxylic acids is 1. The van der Waals surface area contributed by atoms with E-state index >= 15 is 0 Å². The number of halogens is 1. The lowest BCUT2D eigenvalue weighted by Gasteiger charge is -2.05. The number of nitrogens with zero attached hydrogens (tertiary/aromatic N) is 1. The number of esters is 1. The molecule has 0 bridgehead atoms. The van der Waals surface area contributed by atoms with Gasteiger partial charge in [0, 0.05) is 6.08 Å². The van der Waals surface area contributed by atoms with Crippen molar-refractivity contribution < 1.29 is 13.9 Å². The van der Waals surface area contributed by atoms with Crippen molar-refractivity contribution in [2.45, 2.75) is 20.0 Å². The SMILES string of the molecule is CC(C)OC(=O)C=C(C#N)c1ccc(F)cc1. The molecular formula is C13H12FNO2. The van der Waals surface area contributed by atoms with Gasteiger partial charge in [-0.3, -0.25) is 0 Å². The van der Waals surface area contributed by atoms with Crippen LogP contribution in [0.2, 0.25) is 0 Å². The number of rotatable bonds is 3. The Balaban J connectivity index is 2.92. The normalized spacial score (nSPS) is 11.1. The fourth-order valence-electron chi connectivity index (χ4n) is 1.19. The zero-order chi connectivity index (χ0) is 12.8. The van der Waals surface area contributed by atoms with Crippen LogP contribution in [0.5, 0.6) is 0 Å². The van der Waals surface area contributed by atoms with Crippen LogP contribution in [0, 0.1) is 17.1 Å². The predicted octanol–water partition coefficient (Wildman–Crippen LogP) is 2.68. The van der Waals surface area contributed by atoms with Crippen LogP contribution in [0.1, 0.15) is 19.4 Å². The summed E-state index contributed by atoms with van der Waals surface area (Å²) in [4.78, 5) is 11.3. The van der Waals surface area contributed by atoms with Gasteiger partial charge in [-0.2, -0.15) is 5.26 Å². The van der Waals surface area contributed by atoms with Crippen molar-refractivity contribution in [3.63, 3.8) is 0 Å². The van der Waals surface area contributed by atoms with Crippen LogP contribution < -0.4 is 0 Å². The van der Waals surface area contributed by atoms with E-state index in [1.165, 1.54) is 24.3 Å². The van der Waals surface area contributed by atoms with Gasteiger partial charge in [-0.05, 0) is 31.5 Å². The third-order valence-corrected chi connectivity index (χ3v) is 1.89. The standard InChI is InChI=1S/C13H12FNO2/c1-9(2)17-13(16)7-11(8-15)10-3-5-12(14)6-4-10/h3-7,9H,1-2H3. The maximum atomic E-state index is 12.7. The molecule has 0 atom stereocenters. The van der Waals surface area contributed by atoms with E-state index in [4.69, 9.17) is 10.00 Å². The Bertz CT molecular complexity index is 469. The van der Waals surface area contributed by atoms with Gasteiger partial charge in [0.25, 0.3) is 0 Å². The molecule has 1 rings (SSSR count). The van der Waals surface area contributed by atoms with Crippen molar-refractivity contribution in [2.75, 3.05) is 0 Å². The summed E-state index contributed by atoms with van der Waals surface area (Å²) in [6, 6.07) is 7.22. The monoisotopic (exact) mass is 233 g/mol. The number of hydrogen-bond donors (Lipinski definition) is 0. The highest BCUT2D eigenvalue weighted by molar-refractivity contribution is 5.95. The average Bonchev–Trinajstić information content (AvgIpc) is 2.26. The Kier molecular flexibility index (Phi) is 4.41. The Labute approximate surface area is 99.1 Å². The molecular weight excluding hydrogens is 221 g/mol. The van der Waals surface area contributed by atoms with Crippen molar-refractivity contribution in [2.24, 2.45) is 0 Å². The van der Waals surface area contributed by atoms with Crippen LogP contribution in [-0.4, -0.2) is 12.1 Å². The quantitative estimate of drug-likeness (QED) is 0.458. The van der Waals surface area contributed by atoms with Crippen molar-refractivity contribution in [3.8, 4) is 6.07 Å². The zero-order valence-corrected chi connectivity index (χ0v) is 9.61. The number of hydrogen-bond acceptors (Lipinski definition) is 3. The van der Waals surface area contributed by atoms with Gasteiger partial charge in [0.2, 0.25) is 0 Å². The molecule has 0 fully saturated rings. The molecule has 1 aromatic rings. The minimum Gasteiger partial charge on any atom is -0.460 e. The van der Waals surface area contributed by atoms with Crippen molar-refractivity contribution in [3.05, 3.63) is 41.7 Å². The molecule has 4 heteroatoms. The van der Waals surface area contributed by atoms with Gasteiger partial charge >= 0.3 is 5.97 Å². The minimum absolute atomic E-state index is 0.149. The molecule has 0 aliphatic heterocycles. The summed E-state index contributed by atoms with van der Waals surface area (Å²) >= 11 is 0. The molecule has 0 unspecified atom stereocenters. The van der Waals surface area contributed by atoms with E-state index in [2.05, 4.69) is 0 Å². The first-order chi connectivity index (χ1) is 8.02. The summed E-state index contributed by atoms with van der Waals surface area (Å²) in [6.45, 7) is 3.44. The van der Waals surface area contributed by atoms with Gasteiger partial charge < -0.3 is 4.74 Å². The number of carbonyl (C=O) groups is 1. The Morgan fingerprint density at radius 3 is 2.47 bits per heavy atom. The van der Waals surface area contributed by atoms with Gasteiger partial charge in [0.1, 0.15) is 11.9 Å². The molecule has 0 saturated carbocycles. The number of benzene rings is 1.